The molecule has 0 aromatic heterocycles. The highest BCUT2D eigenvalue weighted by molar-refractivity contribution is 5.23. The van der Waals surface area contributed by atoms with Crippen molar-refractivity contribution in [3.8, 4) is 0 Å². The van der Waals surface area contributed by atoms with Crippen LogP contribution in [-0.2, 0) is 4.74 Å². The summed E-state index contributed by atoms with van der Waals surface area (Å²) < 4.78 is 32.7. The van der Waals surface area contributed by atoms with Crippen LogP contribution in [0.25, 0.3) is 0 Å². The Bertz CT molecular complexity index is 433. The van der Waals surface area contributed by atoms with E-state index < -0.39 is 11.6 Å². The lowest BCUT2D eigenvalue weighted by Crippen LogP contribution is -2.47. The van der Waals surface area contributed by atoms with Gasteiger partial charge in [-0.15, -0.1) is 0 Å². The van der Waals surface area contributed by atoms with Gasteiger partial charge < -0.3 is 10.1 Å². The minimum Gasteiger partial charge on any atom is -0.381 e. The van der Waals surface area contributed by atoms with Crippen molar-refractivity contribution in [3.05, 3.63) is 35.4 Å². The standard InChI is InChI=1S/C16H22F2N2O/c17-14-9-13(10-15(18)11-14)16(12-1-7-21-8-2-12)20-5-3-19-4-6-20/h9-12,16,19H,1-8H2/t16-/m1/s1. The van der Waals surface area contributed by atoms with Crippen molar-refractivity contribution in [2.45, 2.75) is 18.9 Å². The molecule has 2 saturated heterocycles. The average molecular weight is 296 g/mol. The summed E-state index contributed by atoms with van der Waals surface area (Å²) >= 11 is 0. The zero-order chi connectivity index (χ0) is 14.7. The molecule has 3 nitrogen and oxygen atoms in total. The third-order valence-electron chi connectivity index (χ3n) is 4.48. The molecule has 2 fully saturated rings. The van der Waals surface area contributed by atoms with Gasteiger partial charge in [0, 0.05) is 51.5 Å². The van der Waals surface area contributed by atoms with E-state index >= 15 is 0 Å². The fraction of sp³-hybridized carbons (Fsp3) is 0.625. The second kappa shape index (κ2) is 6.81. The molecule has 1 atom stereocenters. The molecular weight excluding hydrogens is 274 g/mol. The number of halogens is 2. The quantitative estimate of drug-likeness (QED) is 0.926. The van der Waals surface area contributed by atoms with Gasteiger partial charge in [0.1, 0.15) is 11.6 Å². The monoisotopic (exact) mass is 296 g/mol. The fourth-order valence-corrected chi connectivity index (χ4v) is 3.52. The van der Waals surface area contributed by atoms with Crippen molar-refractivity contribution >= 4 is 0 Å². The lowest BCUT2D eigenvalue weighted by atomic mass is 9.85. The maximum Gasteiger partial charge on any atom is 0.126 e. The van der Waals surface area contributed by atoms with Crippen molar-refractivity contribution < 1.29 is 13.5 Å². The first-order valence-corrected chi connectivity index (χ1v) is 7.72. The van der Waals surface area contributed by atoms with E-state index in [0.717, 1.165) is 63.9 Å². The number of hydrogen-bond acceptors (Lipinski definition) is 3. The van der Waals surface area contributed by atoms with Crippen LogP contribution in [0.15, 0.2) is 18.2 Å². The van der Waals surface area contributed by atoms with Crippen LogP contribution >= 0.6 is 0 Å². The Morgan fingerprint density at radius 1 is 1.05 bits per heavy atom. The van der Waals surface area contributed by atoms with Crippen molar-refractivity contribution in [1.82, 2.24) is 10.2 Å². The number of rotatable bonds is 3. The smallest absolute Gasteiger partial charge is 0.126 e. The van der Waals surface area contributed by atoms with Gasteiger partial charge in [-0.05, 0) is 36.5 Å². The number of ether oxygens (including phenoxy) is 1. The Kier molecular flexibility index (Phi) is 4.83. The van der Waals surface area contributed by atoms with Crippen LogP contribution < -0.4 is 5.32 Å². The van der Waals surface area contributed by atoms with E-state index in [9.17, 15) is 8.78 Å². The normalized spacial score (nSPS) is 23.1. The molecule has 3 rings (SSSR count). The summed E-state index contributed by atoms with van der Waals surface area (Å²) in [5.74, 6) is -0.576. The number of piperazine rings is 1. The summed E-state index contributed by atoms with van der Waals surface area (Å²) in [6.45, 7) is 5.17. The predicted molar refractivity (Wildman–Crippen MR) is 77.1 cm³/mol. The summed E-state index contributed by atoms with van der Waals surface area (Å²) in [7, 11) is 0. The lowest BCUT2D eigenvalue weighted by Gasteiger charge is -2.41. The van der Waals surface area contributed by atoms with Gasteiger partial charge in [0.25, 0.3) is 0 Å². The Morgan fingerprint density at radius 3 is 2.29 bits per heavy atom. The Morgan fingerprint density at radius 2 is 1.67 bits per heavy atom. The number of nitrogens with one attached hydrogen (secondary N) is 1. The highest BCUT2D eigenvalue weighted by atomic mass is 19.1. The Labute approximate surface area is 124 Å². The molecule has 0 aliphatic carbocycles. The summed E-state index contributed by atoms with van der Waals surface area (Å²) in [6, 6.07) is 4.01. The van der Waals surface area contributed by atoms with Crippen LogP contribution in [0.5, 0.6) is 0 Å². The minimum absolute atomic E-state index is 0.0844. The lowest BCUT2D eigenvalue weighted by molar-refractivity contribution is 0.0211. The highest BCUT2D eigenvalue weighted by Gasteiger charge is 2.31. The average Bonchev–Trinajstić information content (AvgIpc) is 2.49. The minimum atomic E-state index is -0.489. The van der Waals surface area contributed by atoms with Gasteiger partial charge in [-0.3, -0.25) is 4.90 Å². The molecule has 0 bridgehead atoms. The van der Waals surface area contributed by atoms with E-state index in [0.29, 0.717) is 5.92 Å². The molecule has 21 heavy (non-hydrogen) atoms. The Balaban J connectivity index is 1.89. The molecule has 0 radical (unpaired) electrons. The number of nitrogens with zero attached hydrogens (tertiary/aromatic N) is 1. The predicted octanol–water partition coefficient (Wildman–Crippen LogP) is 2.34. The van der Waals surface area contributed by atoms with Gasteiger partial charge >= 0.3 is 0 Å². The van der Waals surface area contributed by atoms with Crippen molar-refractivity contribution in [2.75, 3.05) is 39.4 Å². The first-order chi connectivity index (χ1) is 10.2. The van der Waals surface area contributed by atoms with Crippen molar-refractivity contribution in [2.24, 2.45) is 5.92 Å². The van der Waals surface area contributed by atoms with Crippen LogP contribution in [0.2, 0.25) is 0 Å². The van der Waals surface area contributed by atoms with Crippen molar-refractivity contribution in [1.29, 1.82) is 0 Å². The van der Waals surface area contributed by atoms with Crippen LogP contribution in [0.3, 0.4) is 0 Å². The largest absolute Gasteiger partial charge is 0.381 e. The maximum absolute atomic E-state index is 13.6. The summed E-state index contributed by atoms with van der Waals surface area (Å²) in [6.07, 6.45) is 1.90. The van der Waals surface area contributed by atoms with E-state index in [1.807, 2.05) is 0 Å². The molecule has 1 N–H and O–H groups in total. The van der Waals surface area contributed by atoms with Gasteiger partial charge in [0.05, 0.1) is 0 Å². The molecule has 2 aliphatic heterocycles. The van der Waals surface area contributed by atoms with E-state index in [1.54, 1.807) is 0 Å². The van der Waals surface area contributed by atoms with E-state index in [-0.39, 0.29) is 6.04 Å². The van der Waals surface area contributed by atoms with Crippen LogP contribution in [-0.4, -0.2) is 44.3 Å². The Hall–Kier alpha value is -1.04. The zero-order valence-electron chi connectivity index (χ0n) is 12.2. The van der Waals surface area contributed by atoms with Gasteiger partial charge in [0.2, 0.25) is 0 Å². The topological polar surface area (TPSA) is 24.5 Å². The molecule has 5 heteroatoms. The molecule has 0 saturated carbocycles. The third kappa shape index (κ3) is 3.59. The maximum atomic E-state index is 13.6. The molecule has 2 aliphatic rings. The van der Waals surface area contributed by atoms with E-state index in [4.69, 9.17) is 4.74 Å². The number of hydrogen-bond donors (Lipinski definition) is 1. The third-order valence-corrected chi connectivity index (χ3v) is 4.48. The molecule has 0 unspecified atom stereocenters. The first kappa shape index (κ1) is 14.9. The number of benzene rings is 1. The van der Waals surface area contributed by atoms with Crippen LogP contribution in [0.4, 0.5) is 8.78 Å². The van der Waals surface area contributed by atoms with Gasteiger partial charge in [0.15, 0.2) is 0 Å². The zero-order valence-corrected chi connectivity index (χ0v) is 12.2. The molecule has 116 valence electrons. The van der Waals surface area contributed by atoms with Gasteiger partial charge in [-0.25, -0.2) is 8.78 Å². The van der Waals surface area contributed by atoms with Crippen molar-refractivity contribution in [3.63, 3.8) is 0 Å². The van der Waals surface area contributed by atoms with E-state index in [1.165, 1.54) is 12.1 Å². The molecule has 1 aromatic rings. The van der Waals surface area contributed by atoms with E-state index in [2.05, 4.69) is 10.2 Å². The molecular formula is C16H22F2N2O. The summed E-state index contributed by atoms with van der Waals surface area (Å²) in [4.78, 5) is 2.36. The molecule has 0 spiro atoms. The summed E-state index contributed by atoms with van der Waals surface area (Å²) in [5.41, 5.74) is 0.765. The first-order valence-electron chi connectivity index (χ1n) is 7.72. The second-order valence-corrected chi connectivity index (χ2v) is 5.88. The second-order valence-electron chi connectivity index (χ2n) is 5.88. The fourth-order valence-electron chi connectivity index (χ4n) is 3.52. The molecule has 2 heterocycles. The van der Waals surface area contributed by atoms with Crippen LogP contribution in [0.1, 0.15) is 24.4 Å². The molecule has 1 aromatic carbocycles. The highest BCUT2D eigenvalue weighted by Crippen LogP contribution is 2.35. The van der Waals surface area contributed by atoms with Crippen LogP contribution in [0, 0.1) is 17.6 Å². The summed E-state index contributed by atoms with van der Waals surface area (Å²) in [5, 5.41) is 3.33. The SMILES string of the molecule is Fc1cc(F)cc([C@@H](C2CCOCC2)N2CCNCC2)c1. The van der Waals surface area contributed by atoms with Gasteiger partial charge in [-0.2, -0.15) is 0 Å². The van der Waals surface area contributed by atoms with Gasteiger partial charge in [-0.1, -0.05) is 0 Å². The molecule has 0 amide bonds.